The lowest BCUT2D eigenvalue weighted by Gasteiger charge is -2.09. The van der Waals surface area contributed by atoms with E-state index in [1.54, 1.807) is 17.6 Å². The SMILES string of the molecule is C[C@H](CO)c1cc2c(NN=Cc3ccc(CN(C)C)cc3)ncnc2s1. The molecule has 0 fully saturated rings. The van der Waals surface area contributed by atoms with E-state index in [9.17, 15) is 5.11 Å². The Labute approximate surface area is 157 Å². The van der Waals surface area contributed by atoms with Gasteiger partial charge >= 0.3 is 0 Å². The van der Waals surface area contributed by atoms with E-state index < -0.39 is 0 Å². The number of fused-ring (bicyclic) bond motifs is 1. The minimum absolute atomic E-state index is 0.0891. The molecule has 1 atom stereocenters. The fourth-order valence-corrected chi connectivity index (χ4v) is 3.58. The highest BCUT2D eigenvalue weighted by atomic mass is 32.1. The van der Waals surface area contributed by atoms with E-state index in [0.717, 1.165) is 27.2 Å². The number of thiophene rings is 1. The van der Waals surface area contributed by atoms with Gasteiger partial charge in [0.25, 0.3) is 0 Å². The van der Waals surface area contributed by atoms with Gasteiger partial charge in [-0.25, -0.2) is 9.97 Å². The number of nitrogens with zero attached hydrogens (tertiary/aromatic N) is 4. The first-order valence-corrected chi connectivity index (χ1v) is 9.26. The van der Waals surface area contributed by atoms with Crippen molar-refractivity contribution in [1.82, 2.24) is 14.9 Å². The van der Waals surface area contributed by atoms with E-state index in [0.29, 0.717) is 5.82 Å². The Kier molecular flexibility index (Phi) is 5.92. The normalized spacial score (nSPS) is 13.0. The van der Waals surface area contributed by atoms with Gasteiger partial charge in [-0.1, -0.05) is 31.2 Å². The van der Waals surface area contributed by atoms with Crippen molar-refractivity contribution in [2.75, 3.05) is 26.1 Å². The molecule has 0 aliphatic carbocycles. The molecule has 2 aromatic heterocycles. The molecule has 2 heterocycles. The minimum atomic E-state index is 0.0891. The predicted octanol–water partition coefficient (Wildman–Crippen LogP) is 3.29. The minimum Gasteiger partial charge on any atom is -0.396 e. The predicted molar refractivity (Wildman–Crippen MR) is 108 cm³/mol. The molecule has 0 saturated carbocycles. The fraction of sp³-hybridized carbons (Fsp3) is 0.316. The Morgan fingerprint density at radius 3 is 2.73 bits per heavy atom. The van der Waals surface area contributed by atoms with Crippen molar-refractivity contribution < 1.29 is 5.11 Å². The summed E-state index contributed by atoms with van der Waals surface area (Å²) in [7, 11) is 4.11. The maximum absolute atomic E-state index is 9.35. The summed E-state index contributed by atoms with van der Waals surface area (Å²) in [5.74, 6) is 0.759. The Bertz CT molecular complexity index is 889. The summed E-state index contributed by atoms with van der Waals surface area (Å²) in [5, 5.41) is 14.6. The van der Waals surface area contributed by atoms with Crippen LogP contribution in [0.1, 0.15) is 28.8 Å². The van der Waals surface area contributed by atoms with E-state index in [1.165, 1.54) is 11.9 Å². The Balaban J connectivity index is 1.72. The van der Waals surface area contributed by atoms with Crippen molar-refractivity contribution in [1.29, 1.82) is 0 Å². The molecule has 0 bridgehead atoms. The maximum atomic E-state index is 9.35. The molecule has 26 heavy (non-hydrogen) atoms. The number of aliphatic hydroxyl groups excluding tert-OH is 1. The molecule has 2 N–H and O–H groups in total. The molecule has 3 aromatic rings. The largest absolute Gasteiger partial charge is 0.396 e. The molecule has 0 unspecified atom stereocenters. The van der Waals surface area contributed by atoms with Gasteiger partial charge in [0, 0.05) is 17.3 Å². The first-order chi connectivity index (χ1) is 12.6. The molecule has 3 rings (SSSR count). The summed E-state index contributed by atoms with van der Waals surface area (Å²) < 4.78 is 0. The molecular formula is C19H23N5OS. The molecule has 7 heteroatoms. The van der Waals surface area contributed by atoms with Gasteiger partial charge < -0.3 is 10.0 Å². The third-order valence-electron chi connectivity index (χ3n) is 3.97. The van der Waals surface area contributed by atoms with E-state index in [4.69, 9.17) is 0 Å². The standard InChI is InChI=1S/C19H23N5OS/c1-13(11-25)17-8-16-18(20-12-21-19(16)26-17)23-22-9-14-4-6-15(7-5-14)10-24(2)3/h4-9,12-13,25H,10-11H2,1-3H3,(H,20,21,23)/t13-/m1/s1. The number of hydrogen-bond acceptors (Lipinski definition) is 7. The Morgan fingerprint density at radius 2 is 2.04 bits per heavy atom. The average Bonchev–Trinajstić information content (AvgIpc) is 3.07. The van der Waals surface area contributed by atoms with Crippen LogP contribution in [0.3, 0.4) is 0 Å². The summed E-state index contributed by atoms with van der Waals surface area (Å²) in [6.45, 7) is 3.02. The van der Waals surface area contributed by atoms with Crippen LogP contribution in [0.25, 0.3) is 10.2 Å². The van der Waals surface area contributed by atoms with Gasteiger partial charge in [-0.3, -0.25) is 5.43 Å². The molecule has 136 valence electrons. The number of hydrogen-bond donors (Lipinski definition) is 2. The highest BCUT2D eigenvalue weighted by Crippen LogP contribution is 2.32. The second kappa shape index (κ2) is 8.35. The zero-order valence-electron chi connectivity index (χ0n) is 15.2. The van der Waals surface area contributed by atoms with Gasteiger partial charge in [0.15, 0.2) is 5.82 Å². The molecule has 1 aromatic carbocycles. The summed E-state index contributed by atoms with van der Waals surface area (Å²) >= 11 is 1.57. The second-order valence-corrected chi connectivity index (χ2v) is 7.59. The van der Waals surface area contributed by atoms with Gasteiger partial charge in [0.2, 0.25) is 0 Å². The molecule has 0 saturated heterocycles. The molecule has 0 aliphatic rings. The summed E-state index contributed by atoms with van der Waals surface area (Å²) in [5.41, 5.74) is 5.29. The van der Waals surface area contributed by atoms with Crippen LogP contribution in [0.15, 0.2) is 41.8 Å². The third-order valence-corrected chi connectivity index (χ3v) is 5.25. The van der Waals surface area contributed by atoms with E-state index in [-0.39, 0.29) is 12.5 Å². The number of benzene rings is 1. The van der Waals surface area contributed by atoms with Crippen LogP contribution in [0.5, 0.6) is 0 Å². The smallest absolute Gasteiger partial charge is 0.158 e. The highest BCUT2D eigenvalue weighted by Gasteiger charge is 2.12. The lowest BCUT2D eigenvalue weighted by Crippen LogP contribution is -2.10. The van der Waals surface area contributed by atoms with Gasteiger partial charge in [-0.2, -0.15) is 5.10 Å². The molecular weight excluding hydrogens is 346 g/mol. The average molecular weight is 369 g/mol. The van der Waals surface area contributed by atoms with Gasteiger partial charge in [-0.05, 0) is 31.3 Å². The third kappa shape index (κ3) is 4.43. The summed E-state index contributed by atoms with van der Waals surface area (Å²) in [6.07, 6.45) is 3.30. The van der Waals surface area contributed by atoms with Crippen LogP contribution in [0.4, 0.5) is 5.82 Å². The van der Waals surface area contributed by atoms with Gasteiger partial charge in [-0.15, -0.1) is 11.3 Å². The van der Waals surface area contributed by atoms with Crippen molar-refractivity contribution in [2.45, 2.75) is 19.4 Å². The van der Waals surface area contributed by atoms with Crippen molar-refractivity contribution in [2.24, 2.45) is 5.10 Å². The first-order valence-electron chi connectivity index (χ1n) is 8.45. The van der Waals surface area contributed by atoms with Gasteiger partial charge in [0.1, 0.15) is 11.2 Å². The van der Waals surface area contributed by atoms with Crippen molar-refractivity contribution >= 4 is 33.6 Å². The number of nitrogens with one attached hydrogen (secondary N) is 1. The van der Waals surface area contributed by atoms with Crippen LogP contribution in [-0.2, 0) is 6.54 Å². The van der Waals surface area contributed by atoms with Crippen molar-refractivity contribution in [3.8, 4) is 0 Å². The van der Waals surface area contributed by atoms with Crippen LogP contribution >= 0.6 is 11.3 Å². The maximum Gasteiger partial charge on any atom is 0.158 e. The zero-order valence-corrected chi connectivity index (χ0v) is 16.0. The van der Waals surface area contributed by atoms with E-state index >= 15 is 0 Å². The number of hydrazone groups is 1. The van der Waals surface area contributed by atoms with Crippen LogP contribution in [-0.4, -0.2) is 46.9 Å². The Hall–Kier alpha value is -2.35. The lowest BCUT2D eigenvalue weighted by molar-refractivity contribution is 0.274. The van der Waals surface area contributed by atoms with E-state index in [2.05, 4.69) is 51.6 Å². The summed E-state index contributed by atoms with van der Waals surface area (Å²) in [6, 6.07) is 10.3. The van der Waals surface area contributed by atoms with E-state index in [1.807, 2.05) is 25.1 Å². The highest BCUT2D eigenvalue weighted by molar-refractivity contribution is 7.18. The molecule has 0 amide bonds. The molecule has 0 aliphatic heterocycles. The monoisotopic (exact) mass is 369 g/mol. The second-order valence-electron chi connectivity index (χ2n) is 6.52. The fourth-order valence-electron chi connectivity index (χ4n) is 2.54. The molecule has 6 nitrogen and oxygen atoms in total. The molecule has 0 spiro atoms. The number of rotatable bonds is 7. The quantitative estimate of drug-likeness (QED) is 0.494. The topological polar surface area (TPSA) is 73.6 Å². The van der Waals surface area contributed by atoms with Crippen molar-refractivity contribution in [3.63, 3.8) is 0 Å². The Morgan fingerprint density at radius 1 is 1.27 bits per heavy atom. The molecule has 0 radical (unpaired) electrons. The number of anilines is 1. The van der Waals surface area contributed by atoms with Crippen molar-refractivity contribution in [3.05, 3.63) is 52.7 Å². The number of aromatic nitrogens is 2. The van der Waals surface area contributed by atoms with Gasteiger partial charge in [0.05, 0.1) is 18.2 Å². The number of aliphatic hydroxyl groups is 1. The van der Waals surface area contributed by atoms with Crippen LogP contribution in [0.2, 0.25) is 0 Å². The van der Waals surface area contributed by atoms with Crippen LogP contribution < -0.4 is 5.43 Å². The zero-order chi connectivity index (χ0) is 18.5. The first kappa shape index (κ1) is 18.4. The summed E-state index contributed by atoms with van der Waals surface area (Å²) in [4.78, 5) is 12.7. The van der Waals surface area contributed by atoms with Crippen LogP contribution in [0, 0.1) is 0 Å². The lowest BCUT2D eigenvalue weighted by atomic mass is 10.1.